The number of fused-ring (bicyclic) bond motifs is 1. The fourth-order valence-electron chi connectivity index (χ4n) is 1.06. The first kappa shape index (κ1) is 8.36. The standard InChI is InChI=1S/C8H6N4O2/c13-12(14)4-2-7-5-9-8-1-3-10-11(8)6-7/h1-6H/b4-2+. The van der Waals surface area contributed by atoms with Gasteiger partial charge in [0.15, 0.2) is 5.65 Å². The molecular formula is C8H6N4O2. The molecule has 0 radical (unpaired) electrons. The van der Waals surface area contributed by atoms with Crippen LogP contribution in [0.4, 0.5) is 0 Å². The van der Waals surface area contributed by atoms with Gasteiger partial charge in [-0.05, 0) is 0 Å². The van der Waals surface area contributed by atoms with Crippen LogP contribution in [0.2, 0.25) is 0 Å². The molecule has 0 saturated heterocycles. The summed E-state index contributed by atoms with van der Waals surface area (Å²) in [6.45, 7) is 0. The summed E-state index contributed by atoms with van der Waals surface area (Å²) >= 11 is 0. The molecule has 0 unspecified atom stereocenters. The van der Waals surface area contributed by atoms with Crippen molar-refractivity contribution < 1.29 is 4.92 Å². The van der Waals surface area contributed by atoms with Gasteiger partial charge in [0.1, 0.15) is 0 Å². The Morgan fingerprint density at radius 1 is 1.57 bits per heavy atom. The molecule has 0 N–H and O–H groups in total. The maximum Gasteiger partial charge on any atom is 0.235 e. The first-order valence-electron chi connectivity index (χ1n) is 3.87. The molecule has 0 spiro atoms. The van der Waals surface area contributed by atoms with E-state index < -0.39 is 4.92 Å². The predicted molar refractivity (Wildman–Crippen MR) is 49.0 cm³/mol. The Bertz CT molecular complexity index is 503. The molecule has 0 fully saturated rings. The van der Waals surface area contributed by atoms with Gasteiger partial charge < -0.3 is 0 Å². The Balaban J connectivity index is 2.39. The highest BCUT2D eigenvalue weighted by Crippen LogP contribution is 2.03. The zero-order chi connectivity index (χ0) is 9.97. The summed E-state index contributed by atoms with van der Waals surface area (Å²) in [5, 5.41) is 14.0. The third kappa shape index (κ3) is 1.58. The Labute approximate surface area is 78.7 Å². The third-order valence-corrected chi connectivity index (χ3v) is 1.66. The van der Waals surface area contributed by atoms with Crippen LogP contribution in [0.1, 0.15) is 5.56 Å². The summed E-state index contributed by atoms with van der Waals surface area (Å²) in [5.41, 5.74) is 1.35. The molecule has 0 atom stereocenters. The van der Waals surface area contributed by atoms with Crippen molar-refractivity contribution in [3.63, 3.8) is 0 Å². The van der Waals surface area contributed by atoms with Crippen LogP contribution in [0.5, 0.6) is 0 Å². The molecule has 0 aromatic carbocycles. The van der Waals surface area contributed by atoms with Crippen LogP contribution >= 0.6 is 0 Å². The summed E-state index contributed by atoms with van der Waals surface area (Å²) in [5.74, 6) is 0. The number of hydrogen-bond acceptors (Lipinski definition) is 4. The van der Waals surface area contributed by atoms with E-state index in [1.807, 2.05) is 0 Å². The Kier molecular flexibility index (Phi) is 1.94. The van der Waals surface area contributed by atoms with Crippen LogP contribution in [0.25, 0.3) is 11.7 Å². The van der Waals surface area contributed by atoms with Crippen molar-refractivity contribution in [1.29, 1.82) is 0 Å². The molecule has 0 aliphatic rings. The second-order valence-electron chi connectivity index (χ2n) is 2.62. The van der Waals surface area contributed by atoms with E-state index in [1.165, 1.54) is 6.08 Å². The maximum atomic E-state index is 10.1. The van der Waals surface area contributed by atoms with Gasteiger partial charge in [-0.1, -0.05) is 0 Å². The van der Waals surface area contributed by atoms with Crippen LogP contribution in [-0.2, 0) is 0 Å². The Hall–Kier alpha value is -2.24. The molecule has 70 valence electrons. The smallest absolute Gasteiger partial charge is 0.235 e. The molecule has 2 rings (SSSR count). The Morgan fingerprint density at radius 3 is 3.21 bits per heavy atom. The van der Waals surface area contributed by atoms with E-state index in [9.17, 15) is 10.1 Å². The molecule has 0 bridgehead atoms. The molecule has 0 aliphatic heterocycles. The minimum Gasteiger partial charge on any atom is -0.259 e. The quantitative estimate of drug-likeness (QED) is 0.522. The summed E-state index contributed by atoms with van der Waals surface area (Å²) in [6.07, 6.45) is 7.07. The molecule has 6 heteroatoms. The normalized spacial score (nSPS) is 11.1. The van der Waals surface area contributed by atoms with Gasteiger partial charge in [0.05, 0.1) is 11.1 Å². The number of nitrogens with zero attached hydrogens (tertiary/aromatic N) is 4. The van der Waals surface area contributed by atoms with E-state index in [-0.39, 0.29) is 0 Å². The lowest BCUT2D eigenvalue weighted by atomic mass is 10.3. The SMILES string of the molecule is O=[N+]([O-])/C=C/c1cnc2ccnn2c1. The molecule has 0 amide bonds. The van der Waals surface area contributed by atoms with E-state index in [4.69, 9.17) is 0 Å². The van der Waals surface area contributed by atoms with Crippen LogP contribution in [-0.4, -0.2) is 19.5 Å². The van der Waals surface area contributed by atoms with Crippen LogP contribution in [0, 0.1) is 10.1 Å². The van der Waals surface area contributed by atoms with E-state index in [0.29, 0.717) is 11.2 Å². The molecular weight excluding hydrogens is 184 g/mol. The van der Waals surface area contributed by atoms with Gasteiger partial charge in [-0.25, -0.2) is 9.50 Å². The van der Waals surface area contributed by atoms with Gasteiger partial charge in [0.25, 0.3) is 0 Å². The number of hydrogen-bond donors (Lipinski definition) is 0. The highest BCUT2D eigenvalue weighted by Gasteiger charge is 1.95. The van der Waals surface area contributed by atoms with E-state index in [0.717, 1.165) is 6.20 Å². The molecule has 0 saturated carbocycles. The van der Waals surface area contributed by atoms with Crippen molar-refractivity contribution in [3.8, 4) is 0 Å². The molecule has 14 heavy (non-hydrogen) atoms. The van der Waals surface area contributed by atoms with E-state index in [2.05, 4.69) is 10.1 Å². The first-order valence-corrected chi connectivity index (χ1v) is 3.87. The van der Waals surface area contributed by atoms with Gasteiger partial charge >= 0.3 is 0 Å². The third-order valence-electron chi connectivity index (χ3n) is 1.66. The maximum absolute atomic E-state index is 10.1. The van der Waals surface area contributed by atoms with Crippen molar-refractivity contribution in [3.05, 3.63) is 46.5 Å². The number of nitro groups is 1. The van der Waals surface area contributed by atoms with E-state index in [1.54, 1.807) is 29.2 Å². The summed E-state index contributed by atoms with van der Waals surface area (Å²) in [7, 11) is 0. The van der Waals surface area contributed by atoms with Crippen LogP contribution in [0.15, 0.2) is 30.9 Å². The monoisotopic (exact) mass is 190 g/mol. The van der Waals surface area contributed by atoms with Gasteiger partial charge in [0.2, 0.25) is 6.20 Å². The summed E-state index contributed by atoms with van der Waals surface area (Å²) < 4.78 is 1.56. The highest BCUT2D eigenvalue weighted by atomic mass is 16.6. The largest absolute Gasteiger partial charge is 0.259 e. The van der Waals surface area contributed by atoms with Crippen LogP contribution in [0.3, 0.4) is 0 Å². The highest BCUT2D eigenvalue weighted by molar-refractivity contribution is 5.48. The molecule has 2 aromatic heterocycles. The lowest BCUT2D eigenvalue weighted by molar-refractivity contribution is -0.400. The lowest BCUT2D eigenvalue weighted by Crippen LogP contribution is -1.91. The minimum absolute atomic E-state index is 0.521. The fourth-order valence-corrected chi connectivity index (χ4v) is 1.06. The zero-order valence-corrected chi connectivity index (χ0v) is 7.07. The van der Waals surface area contributed by atoms with Crippen molar-refractivity contribution in [2.24, 2.45) is 0 Å². The van der Waals surface area contributed by atoms with Crippen molar-refractivity contribution in [2.75, 3.05) is 0 Å². The van der Waals surface area contributed by atoms with Crippen molar-refractivity contribution in [1.82, 2.24) is 14.6 Å². The molecule has 2 aromatic rings. The number of rotatable bonds is 2. The van der Waals surface area contributed by atoms with Gasteiger partial charge in [-0.2, -0.15) is 5.10 Å². The second-order valence-corrected chi connectivity index (χ2v) is 2.62. The molecule has 0 aliphatic carbocycles. The fraction of sp³-hybridized carbons (Fsp3) is 0. The minimum atomic E-state index is -0.521. The second kappa shape index (κ2) is 3.25. The topological polar surface area (TPSA) is 73.3 Å². The van der Waals surface area contributed by atoms with Gasteiger partial charge in [0, 0.05) is 30.1 Å². The van der Waals surface area contributed by atoms with Gasteiger partial charge in [-0.3, -0.25) is 10.1 Å². The van der Waals surface area contributed by atoms with Crippen LogP contribution < -0.4 is 0 Å². The molecule has 6 nitrogen and oxygen atoms in total. The van der Waals surface area contributed by atoms with Crippen molar-refractivity contribution >= 4 is 11.7 Å². The molecule has 2 heterocycles. The van der Waals surface area contributed by atoms with Crippen molar-refractivity contribution in [2.45, 2.75) is 0 Å². The zero-order valence-electron chi connectivity index (χ0n) is 7.07. The number of aromatic nitrogens is 3. The lowest BCUT2D eigenvalue weighted by Gasteiger charge is -1.93. The van der Waals surface area contributed by atoms with E-state index >= 15 is 0 Å². The first-order chi connectivity index (χ1) is 6.75. The summed E-state index contributed by atoms with van der Waals surface area (Å²) in [4.78, 5) is 13.6. The average Bonchev–Trinajstić information content (AvgIpc) is 2.61. The van der Waals surface area contributed by atoms with Gasteiger partial charge in [-0.15, -0.1) is 0 Å². The Morgan fingerprint density at radius 2 is 2.43 bits per heavy atom. The summed E-state index contributed by atoms with van der Waals surface area (Å²) in [6, 6.07) is 1.75. The predicted octanol–water partition coefficient (Wildman–Crippen LogP) is 0.977. The average molecular weight is 190 g/mol.